The predicted molar refractivity (Wildman–Crippen MR) is 49.4 cm³/mol. The Hall–Kier alpha value is -0.580. The minimum atomic E-state index is -0.315. The summed E-state index contributed by atoms with van der Waals surface area (Å²) < 4.78 is 10.5. The quantitative estimate of drug-likeness (QED) is 0.712. The van der Waals surface area contributed by atoms with Crippen molar-refractivity contribution in [1.29, 1.82) is 0 Å². The molecule has 1 aromatic rings. The molecule has 0 unspecified atom stereocenters. The van der Waals surface area contributed by atoms with E-state index in [1.54, 1.807) is 12.1 Å². The third-order valence-electron chi connectivity index (χ3n) is 1.66. The molecule has 3 nitrogen and oxygen atoms in total. The Labute approximate surface area is 84.2 Å². The Morgan fingerprint density at radius 3 is 2.85 bits per heavy atom. The maximum Gasteiger partial charge on any atom is 0.348 e. The summed E-state index contributed by atoms with van der Waals surface area (Å²) in [5, 5.41) is 0. The summed E-state index contributed by atoms with van der Waals surface area (Å²) in [4.78, 5) is 11.9. The van der Waals surface area contributed by atoms with Gasteiger partial charge in [-0.15, -0.1) is 11.3 Å². The van der Waals surface area contributed by atoms with Crippen LogP contribution in [0.4, 0.5) is 0 Å². The highest BCUT2D eigenvalue weighted by Crippen LogP contribution is 2.22. The first-order valence-corrected chi connectivity index (χ1v) is 4.99. The molecule has 0 saturated carbocycles. The molecule has 0 bridgehead atoms. The van der Waals surface area contributed by atoms with Gasteiger partial charge in [0.25, 0.3) is 0 Å². The molecule has 0 radical (unpaired) electrons. The Morgan fingerprint density at radius 2 is 2.38 bits per heavy atom. The molecule has 0 aliphatic carbocycles. The zero-order valence-corrected chi connectivity index (χ0v) is 8.23. The van der Waals surface area contributed by atoms with Gasteiger partial charge in [-0.2, -0.15) is 0 Å². The maximum absolute atomic E-state index is 11.3. The van der Waals surface area contributed by atoms with Gasteiger partial charge in [0.15, 0.2) is 0 Å². The van der Waals surface area contributed by atoms with E-state index in [1.807, 2.05) is 0 Å². The molecule has 2 heterocycles. The highest BCUT2D eigenvalue weighted by molar-refractivity contribution is 7.17. The van der Waals surface area contributed by atoms with Gasteiger partial charge in [-0.05, 0) is 12.1 Å². The van der Waals surface area contributed by atoms with Gasteiger partial charge in [-0.1, -0.05) is 11.6 Å². The molecule has 2 rings (SSSR count). The number of hydrogen-bond acceptors (Lipinski definition) is 4. The Kier molecular flexibility index (Phi) is 2.53. The van der Waals surface area contributed by atoms with Crippen LogP contribution in [0.3, 0.4) is 0 Å². The number of rotatable bonds is 2. The molecule has 0 atom stereocenters. The minimum Gasteiger partial charge on any atom is -0.453 e. The van der Waals surface area contributed by atoms with Crippen molar-refractivity contribution >= 4 is 28.9 Å². The molecule has 1 aliphatic heterocycles. The molecular formula is C8H7ClO3S. The minimum absolute atomic E-state index is 0.0756. The molecule has 0 aromatic carbocycles. The van der Waals surface area contributed by atoms with E-state index in [-0.39, 0.29) is 12.1 Å². The van der Waals surface area contributed by atoms with Crippen molar-refractivity contribution in [2.75, 3.05) is 13.2 Å². The summed E-state index contributed by atoms with van der Waals surface area (Å²) in [5.41, 5.74) is 0. The van der Waals surface area contributed by atoms with E-state index in [9.17, 15) is 4.79 Å². The van der Waals surface area contributed by atoms with Crippen molar-refractivity contribution in [3.8, 4) is 0 Å². The third-order valence-corrected chi connectivity index (χ3v) is 2.87. The van der Waals surface area contributed by atoms with Crippen LogP contribution in [0.1, 0.15) is 9.67 Å². The third kappa shape index (κ3) is 2.02. The van der Waals surface area contributed by atoms with Gasteiger partial charge in [-0.25, -0.2) is 4.79 Å². The number of carbonyl (C=O) groups excluding carboxylic acids is 1. The van der Waals surface area contributed by atoms with Crippen LogP contribution in [0.5, 0.6) is 0 Å². The van der Waals surface area contributed by atoms with Gasteiger partial charge in [0.2, 0.25) is 0 Å². The summed E-state index contributed by atoms with van der Waals surface area (Å²) in [5.74, 6) is -0.315. The van der Waals surface area contributed by atoms with E-state index in [0.717, 1.165) is 0 Å². The lowest BCUT2D eigenvalue weighted by Gasteiger charge is -2.25. The lowest BCUT2D eigenvalue weighted by atomic mass is 10.3. The molecule has 0 N–H and O–H groups in total. The number of halogens is 1. The number of hydrogen-bond donors (Lipinski definition) is 0. The highest BCUT2D eigenvalue weighted by Gasteiger charge is 2.23. The topological polar surface area (TPSA) is 35.5 Å². The van der Waals surface area contributed by atoms with Crippen molar-refractivity contribution < 1.29 is 14.3 Å². The van der Waals surface area contributed by atoms with E-state index in [2.05, 4.69) is 0 Å². The fourth-order valence-corrected chi connectivity index (χ4v) is 1.84. The summed E-state index contributed by atoms with van der Waals surface area (Å²) in [7, 11) is 0. The number of thiophene rings is 1. The number of esters is 1. The standard InChI is InChI=1S/C8H7ClO3S/c9-7-2-1-6(13-7)8(10)12-5-3-11-4-5/h1-2,5H,3-4H2. The SMILES string of the molecule is O=C(OC1COC1)c1ccc(Cl)s1. The molecule has 1 aliphatic rings. The average Bonchev–Trinajstić information content (AvgIpc) is 2.44. The van der Waals surface area contributed by atoms with Crippen LogP contribution in [0.2, 0.25) is 4.34 Å². The summed E-state index contributed by atoms with van der Waals surface area (Å²) in [6.07, 6.45) is -0.0756. The fraction of sp³-hybridized carbons (Fsp3) is 0.375. The molecule has 1 aromatic heterocycles. The summed E-state index contributed by atoms with van der Waals surface area (Å²) >= 11 is 6.90. The van der Waals surface area contributed by atoms with Gasteiger partial charge < -0.3 is 9.47 Å². The summed E-state index contributed by atoms with van der Waals surface area (Å²) in [6, 6.07) is 3.34. The molecule has 1 fully saturated rings. The second kappa shape index (κ2) is 3.65. The smallest absolute Gasteiger partial charge is 0.348 e. The van der Waals surface area contributed by atoms with Crippen LogP contribution in [0.25, 0.3) is 0 Å². The molecule has 0 spiro atoms. The van der Waals surface area contributed by atoms with Crippen molar-refractivity contribution in [3.05, 3.63) is 21.3 Å². The van der Waals surface area contributed by atoms with Crippen molar-refractivity contribution in [2.24, 2.45) is 0 Å². The van der Waals surface area contributed by atoms with Crippen LogP contribution in [0.15, 0.2) is 12.1 Å². The normalized spacial score (nSPS) is 16.7. The zero-order valence-electron chi connectivity index (χ0n) is 6.66. The van der Waals surface area contributed by atoms with Gasteiger partial charge in [0, 0.05) is 0 Å². The Balaban J connectivity index is 1.96. The number of ether oxygens (including phenoxy) is 2. The van der Waals surface area contributed by atoms with Gasteiger partial charge in [0.1, 0.15) is 11.0 Å². The first-order chi connectivity index (χ1) is 6.25. The molecule has 13 heavy (non-hydrogen) atoms. The lowest BCUT2D eigenvalue weighted by molar-refractivity contribution is -0.103. The Bertz CT molecular complexity index is 319. The second-order valence-electron chi connectivity index (χ2n) is 2.67. The van der Waals surface area contributed by atoms with Crippen LogP contribution >= 0.6 is 22.9 Å². The van der Waals surface area contributed by atoms with Crippen molar-refractivity contribution in [2.45, 2.75) is 6.10 Å². The van der Waals surface area contributed by atoms with E-state index >= 15 is 0 Å². The largest absolute Gasteiger partial charge is 0.453 e. The molecular weight excluding hydrogens is 212 g/mol. The molecule has 0 amide bonds. The van der Waals surface area contributed by atoms with E-state index in [1.165, 1.54) is 11.3 Å². The molecule has 1 saturated heterocycles. The zero-order chi connectivity index (χ0) is 9.26. The van der Waals surface area contributed by atoms with Crippen LogP contribution in [0, 0.1) is 0 Å². The average molecular weight is 219 g/mol. The number of carbonyl (C=O) groups is 1. The monoisotopic (exact) mass is 218 g/mol. The van der Waals surface area contributed by atoms with E-state index in [0.29, 0.717) is 22.4 Å². The van der Waals surface area contributed by atoms with Gasteiger partial charge in [0.05, 0.1) is 17.6 Å². The first-order valence-electron chi connectivity index (χ1n) is 3.80. The maximum atomic E-state index is 11.3. The van der Waals surface area contributed by atoms with Crippen molar-refractivity contribution in [1.82, 2.24) is 0 Å². The van der Waals surface area contributed by atoms with Crippen LogP contribution in [-0.4, -0.2) is 25.3 Å². The Morgan fingerprint density at radius 1 is 1.62 bits per heavy atom. The van der Waals surface area contributed by atoms with E-state index < -0.39 is 0 Å². The predicted octanol–water partition coefficient (Wildman–Crippen LogP) is 1.96. The molecule has 5 heteroatoms. The van der Waals surface area contributed by atoms with E-state index in [4.69, 9.17) is 21.1 Å². The highest BCUT2D eigenvalue weighted by atomic mass is 35.5. The fourth-order valence-electron chi connectivity index (χ4n) is 0.916. The first kappa shape index (κ1) is 8.99. The second-order valence-corrected chi connectivity index (χ2v) is 4.38. The van der Waals surface area contributed by atoms with Gasteiger partial charge in [-0.3, -0.25) is 0 Å². The lowest BCUT2D eigenvalue weighted by Crippen LogP contribution is -2.37. The van der Waals surface area contributed by atoms with Crippen molar-refractivity contribution in [3.63, 3.8) is 0 Å². The van der Waals surface area contributed by atoms with Crippen LogP contribution in [-0.2, 0) is 9.47 Å². The molecule has 70 valence electrons. The summed E-state index contributed by atoms with van der Waals surface area (Å²) in [6.45, 7) is 1.01. The van der Waals surface area contributed by atoms with Crippen LogP contribution < -0.4 is 0 Å². The van der Waals surface area contributed by atoms with Gasteiger partial charge >= 0.3 is 5.97 Å².